The molecular formula is C13H16N2O3. The molecule has 0 fully saturated rings. The van der Waals surface area contributed by atoms with Crippen LogP contribution in [0.1, 0.15) is 31.0 Å². The van der Waals surface area contributed by atoms with Gasteiger partial charge in [-0.1, -0.05) is 6.07 Å². The van der Waals surface area contributed by atoms with Gasteiger partial charge in [0.15, 0.2) is 0 Å². The summed E-state index contributed by atoms with van der Waals surface area (Å²) in [6, 6.07) is 3.84. The van der Waals surface area contributed by atoms with Crippen LogP contribution in [0.15, 0.2) is 18.3 Å². The lowest BCUT2D eigenvalue weighted by atomic mass is 10.2. The topological polar surface area (TPSA) is 59.5 Å². The Hall–Kier alpha value is -1.91. The predicted molar refractivity (Wildman–Crippen MR) is 64.4 cm³/mol. The Morgan fingerprint density at radius 1 is 1.39 bits per heavy atom. The number of fused-ring (bicyclic) bond motifs is 1. The summed E-state index contributed by atoms with van der Waals surface area (Å²) in [6.07, 6.45) is 2.07. The van der Waals surface area contributed by atoms with E-state index in [1.165, 1.54) is 0 Å². The molecule has 0 bridgehead atoms. The molecule has 0 aromatic carbocycles. The second kappa shape index (κ2) is 5.62. The lowest BCUT2D eigenvalue weighted by Gasteiger charge is -2.14. The summed E-state index contributed by atoms with van der Waals surface area (Å²) < 4.78 is 4.79. The van der Waals surface area contributed by atoms with Gasteiger partial charge in [-0.2, -0.15) is 0 Å². The SMILES string of the molecule is CCOC(=O)CCC(=O)N1Cc2cccnc2C1. The Kier molecular flexibility index (Phi) is 3.92. The fourth-order valence-corrected chi connectivity index (χ4v) is 1.98. The van der Waals surface area contributed by atoms with Crippen molar-refractivity contribution in [2.75, 3.05) is 6.61 Å². The highest BCUT2D eigenvalue weighted by molar-refractivity contribution is 5.81. The van der Waals surface area contributed by atoms with E-state index in [-0.39, 0.29) is 24.7 Å². The van der Waals surface area contributed by atoms with Gasteiger partial charge in [-0.15, -0.1) is 0 Å². The van der Waals surface area contributed by atoms with Gasteiger partial charge in [0, 0.05) is 19.2 Å². The summed E-state index contributed by atoms with van der Waals surface area (Å²) in [5.41, 5.74) is 2.03. The minimum Gasteiger partial charge on any atom is -0.466 e. The van der Waals surface area contributed by atoms with Crippen molar-refractivity contribution >= 4 is 11.9 Å². The van der Waals surface area contributed by atoms with E-state index in [9.17, 15) is 9.59 Å². The average molecular weight is 248 g/mol. The van der Waals surface area contributed by atoms with Gasteiger partial charge < -0.3 is 9.64 Å². The van der Waals surface area contributed by atoms with Crippen LogP contribution in [-0.4, -0.2) is 28.4 Å². The minimum atomic E-state index is -0.319. The number of rotatable bonds is 4. The van der Waals surface area contributed by atoms with Gasteiger partial charge in [0.1, 0.15) is 0 Å². The zero-order valence-electron chi connectivity index (χ0n) is 10.4. The van der Waals surface area contributed by atoms with Crippen LogP contribution in [0.25, 0.3) is 0 Å². The van der Waals surface area contributed by atoms with Crippen molar-refractivity contribution in [2.24, 2.45) is 0 Å². The molecule has 1 aromatic heterocycles. The maximum atomic E-state index is 11.9. The summed E-state index contributed by atoms with van der Waals surface area (Å²) in [7, 11) is 0. The van der Waals surface area contributed by atoms with Gasteiger partial charge >= 0.3 is 5.97 Å². The maximum absolute atomic E-state index is 11.9. The van der Waals surface area contributed by atoms with Gasteiger partial charge in [-0.25, -0.2) is 0 Å². The number of hydrogen-bond acceptors (Lipinski definition) is 4. The standard InChI is InChI=1S/C13H16N2O3/c1-2-18-13(17)6-5-12(16)15-8-10-4-3-7-14-11(10)9-15/h3-4,7H,2,5-6,8-9H2,1H3. The van der Waals surface area contributed by atoms with Crippen molar-refractivity contribution in [2.45, 2.75) is 32.9 Å². The molecule has 1 amide bonds. The van der Waals surface area contributed by atoms with Gasteiger partial charge in [-0.3, -0.25) is 14.6 Å². The van der Waals surface area contributed by atoms with E-state index >= 15 is 0 Å². The first-order valence-corrected chi connectivity index (χ1v) is 6.07. The Bertz CT molecular complexity index is 434. The van der Waals surface area contributed by atoms with E-state index in [0.29, 0.717) is 19.7 Å². The first-order chi connectivity index (χ1) is 8.70. The highest BCUT2D eigenvalue weighted by Gasteiger charge is 2.24. The van der Waals surface area contributed by atoms with Crippen molar-refractivity contribution < 1.29 is 14.3 Å². The Balaban J connectivity index is 1.84. The summed E-state index contributed by atoms with van der Waals surface area (Å²) >= 11 is 0. The first-order valence-electron chi connectivity index (χ1n) is 6.07. The first kappa shape index (κ1) is 12.5. The van der Waals surface area contributed by atoms with E-state index in [1.54, 1.807) is 18.0 Å². The minimum absolute atomic E-state index is 0.0268. The molecular weight excluding hydrogens is 232 g/mol. The van der Waals surface area contributed by atoms with E-state index in [4.69, 9.17) is 4.74 Å². The van der Waals surface area contributed by atoms with E-state index in [1.807, 2.05) is 12.1 Å². The molecule has 2 rings (SSSR count). The van der Waals surface area contributed by atoms with Crippen molar-refractivity contribution in [3.05, 3.63) is 29.6 Å². The molecule has 0 atom stereocenters. The molecule has 0 N–H and O–H groups in total. The van der Waals surface area contributed by atoms with Crippen LogP contribution in [0.3, 0.4) is 0 Å². The number of hydrogen-bond donors (Lipinski definition) is 0. The second-order valence-corrected chi connectivity index (χ2v) is 4.16. The monoisotopic (exact) mass is 248 g/mol. The van der Waals surface area contributed by atoms with Crippen LogP contribution in [0.2, 0.25) is 0 Å². The largest absolute Gasteiger partial charge is 0.466 e. The van der Waals surface area contributed by atoms with Crippen LogP contribution < -0.4 is 0 Å². The van der Waals surface area contributed by atoms with Gasteiger partial charge in [0.05, 0.1) is 25.3 Å². The maximum Gasteiger partial charge on any atom is 0.306 e. The number of ether oxygens (including phenoxy) is 1. The van der Waals surface area contributed by atoms with Gasteiger partial charge in [0.2, 0.25) is 5.91 Å². The fourth-order valence-electron chi connectivity index (χ4n) is 1.98. The van der Waals surface area contributed by atoms with Crippen LogP contribution in [0.5, 0.6) is 0 Å². The smallest absolute Gasteiger partial charge is 0.306 e. The number of carbonyl (C=O) groups is 2. The average Bonchev–Trinajstić information content (AvgIpc) is 2.80. The number of nitrogens with zero attached hydrogens (tertiary/aromatic N) is 2. The predicted octanol–water partition coefficient (Wildman–Crippen LogP) is 1.27. The van der Waals surface area contributed by atoms with Crippen LogP contribution in [0.4, 0.5) is 0 Å². The molecule has 5 nitrogen and oxygen atoms in total. The van der Waals surface area contributed by atoms with E-state index in [0.717, 1.165) is 11.3 Å². The number of amides is 1. The zero-order valence-corrected chi connectivity index (χ0v) is 10.4. The van der Waals surface area contributed by atoms with E-state index in [2.05, 4.69) is 4.98 Å². The highest BCUT2D eigenvalue weighted by Crippen LogP contribution is 2.20. The van der Waals surface area contributed by atoms with E-state index < -0.39 is 0 Å². The molecule has 0 unspecified atom stereocenters. The molecule has 0 saturated carbocycles. The molecule has 0 spiro atoms. The lowest BCUT2D eigenvalue weighted by molar-refractivity contribution is -0.145. The Morgan fingerprint density at radius 3 is 2.94 bits per heavy atom. The van der Waals surface area contributed by atoms with Crippen molar-refractivity contribution in [1.82, 2.24) is 9.88 Å². The van der Waals surface area contributed by atoms with Gasteiger partial charge in [-0.05, 0) is 18.6 Å². The Labute approximate surface area is 106 Å². The van der Waals surface area contributed by atoms with Crippen molar-refractivity contribution in [3.63, 3.8) is 0 Å². The number of aromatic nitrogens is 1. The third kappa shape index (κ3) is 2.85. The number of carbonyl (C=O) groups excluding carboxylic acids is 2. The van der Waals surface area contributed by atoms with Crippen LogP contribution in [0, 0.1) is 0 Å². The number of esters is 1. The van der Waals surface area contributed by atoms with Crippen LogP contribution >= 0.6 is 0 Å². The third-order valence-electron chi connectivity index (χ3n) is 2.89. The summed E-state index contributed by atoms with van der Waals surface area (Å²) in [6.45, 7) is 3.23. The summed E-state index contributed by atoms with van der Waals surface area (Å²) in [5, 5.41) is 0. The quantitative estimate of drug-likeness (QED) is 0.753. The summed E-state index contributed by atoms with van der Waals surface area (Å²) in [5.74, 6) is -0.346. The normalized spacial score (nSPS) is 13.3. The van der Waals surface area contributed by atoms with Crippen LogP contribution in [-0.2, 0) is 27.4 Å². The molecule has 96 valence electrons. The lowest BCUT2D eigenvalue weighted by Crippen LogP contribution is -2.26. The molecule has 1 aromatic rings. The Morgan fingerprint density at radius 2 is 2.22 bits per heavy atom. The molecule has 0 saturated heterocycles. The van der Waals surface area contributed by atoms with Crippen molar-refractivity contribution in [1.29, 1.82) is 0 Å². The molecule has 18 heavy (non-hydrogen) atoms. The number of pyridine rings is 1. The summed E-state index contributed by atoms with van der Waals surface area (Å²) in [4.78, 5) is 29.0. The molecule has 1 aliphatic rings. The molecule has 0 radical (unpaired) electrons. The zero-order chi connectivity index (χ0) is 13.0. The van der Waals surface area contributed by atoms with Crippen molar-refractivity contribution in [3.8, 4) is 0 Å². The molecule has 5 heteroatoms. The van der Waals surface area contributed by atoms with Gasteiger partial charge in [0.25, 0.3) is 0 Å². The highest BCUT2D eigenvalue weighted by atomic mass is 16.5. The fraction of sp³-hybridized carbons (Fsp3) is 0.462. The molecule has 0 aliphatic carbocycles. The third-order valence-corrected chi connectivity index (χ3v) is 2.89. The second-order valence-electron chi connectivity index (χ2n) is 4.16. The molecule has 2 heterocycles. The molecule has 1 aliphatic heterocycles.